The Bertz CT molecular complexity index is 1530. The van der Waals surface area contributed by atoms with E-state index in [1.165, 1.54) is 0 Å². The van der Waals surface area contributed by atoms with Crippen molar-refractivity contribution in [3.63, 3.8) is 0 Å². The molecule has 0 aliphatic carbocycles. The number of carbonyl (C=O) groups excluding carboxylic acids is 1. The molecule has 1 aromatic heterocycles. The number of carboxylic acid groups (broad SMARTS) is 2. The molecular formula is C29H31F6N5O7. The summed E-state index contributed by atoms with van der Waals surface area (Å²) in [5.41, 5.74) is 10.1. The number of ether oxygens (including phenoxy) is 2. The normalized spacial score (nSPS) is 13.9. The van der Waals surface area contributed by atoms with E-state index < -0.39 is 24.3 Å². The maximum absolute atomic E-state index is 13.1. The number of nitrogens with one attached hydrogen (secondary N) is 1. The number of carbonyl (C=O) groups is 3. The van der Waals surface area contributed by atoms with Crippen LogP contribution in [0.3, 0.4) is 0 Å². The zero-order valence-corrected chi connectivity index (χ0v) is 25.1. The van der Waals surface area contributed by atoms with Gasteiger partial charge in [-0.2, -0.15) is 26.3 Å². The summed E-state index contributed by atoms with van der Waals surface area (Å²) >= 11 is 0. The molecule has 0 saturated heterocycles. The number of alkyl halides is 6. The van der Waals surface area contributed by atoms with Crippen LogP contribution in [0.4, 0.5) is 38.0 Å². The minimum absolute atomic E-state index is 0.0985. The minimum atomic E-state index is -5.08. The van der Waals surface area contributed by atoms with Crippen LogP contribution in [0.25, 0.3) is 11.3 Å². The highest BCUT2D eigenvalue weighted by molar-refractivity contribution is 5.95. The lowest BCUT2D eigenvalue weighted by molar-refractivity contribution is -0.193. The van der Waals surface area contributed by atoms with Crippen LogP contribution in [0.2, 0.25) is 0 Å². The smallest absolute Gasteiger partial charge is 0.490 e. The average Bonchev–Trinajstić information content (AvgIpc) is 2.97. The topological polar surface area (TPSA) is 177 Å². The van der Waals surface area contributed by atoms with Crippen molar-refractivity contribution in [2.24, 2.45) is 5.92 Å². The van der Waals surface area contributed by atoms with Crippen molar-refractivity contribution < 1.29 is 60.4 Å². The number of hydrogen-bond acceptors (Lipinski definition) is 9. The van der Waals surface area contributed by atoms with Crippen LogP contribution < -0.4 is 20.5 Å². The second-order valence-electron chi connectivity index (χ2n) is 10.1. The molecule has 0 radical (unpaired) electrons. The Hall–Kier alpha value is -5.13. The largest absolute Gasteiger partial charge is 0.492 e. The second-order valence-corrected chi connectivity index (χ2v) is 10.1. The van der Waals surface area contributed by atoms with E-state index >= 15 is 0 Å². The molecule has 2 heterocycles. The van der Waals surface area contributed by atoms with Crippen molar-refractivity contribution in [2.75, 3.05) is 44.9 Å². The molecule has 0 saturated carbocycles. The molecule has 1 aliphatic rings. The van der Waals surface area contributed by atoms with Gasteiger partial charge in [0.05, 0.1) is 17.3 Å². The van der Waals surface area contributed by atoms with E-state index in [9.17, 15) is 31.1 Å². The number of anilines is 2. The Labute approximate surface area is 264 Å². The highest BCUT2D eigenvalue weighted by Crippen LogP contribution is 2.33. The van der Waals surface area contributed by atoms with E-state index in [1.54, 1.807) is 12.3 Å². The van der Waals surface area contributed by atoms with Crippen molar-refractivity contribution in [3.8, 4) is 22.8 Å². The van der Waals surface area contributed by atoms with Gasteiger partial charge in [-0.1, -0.05) is 23.8 Å². The average molecular weight is 676 g/mol. The maximum atomic E-state index is 13.1. The van der Waals surface area contributed by atoms with Gasteiger partial charge in [0.2, 0.25) is 11.9 Å². The molecule has 3 aromatic rings. The van der Waals surface area contributed by atoms with Crippen LogP contribution in [-0.4, -0.2) is 89.1 Å². The van der Waals surface area contributed by atoms with E-state index in [1.807, 2.05) is 56.3 Å². The zero-order valence-electron chi connectivity index (χ0n) is 25.1. The molecule has 5 N–H and O–H groups in total. The number of hydrogen-bond donors (Lipinski definition) is 4. The van der Waals surface area contributed by atoms with Gasteiger partial charge < -0.3 is 35.6 Å². The number of aromatic nitrogens is 2. The van der Waals surface area contributed by atoms with Gasteiger partial charge in [0.25, 0.3) is 0 Å². The molecule has 47 heavy (non-hydrogen) atoms. The van der Waals surface area contributed by atoms with E-state index in [-0.39, 0.29) is 17.8 Å². The Morgan fingerprint density at radius 2 is 1.64 bits per heavy atom. The van der Waals surface area contributed by atoms with Crippen LogP contribution in [0.1, 0.15) is 11.1 Å². The molecule has 18 heteroatoms. The summed E-state index contributed by atoms with van der Waals surface area (Å²) < 4.78 is 75.3. The van der Waals surface area contributed by atoms with Gasteiger partial charge in [0, 0.05) is 18.3 Å². The molecule has 1 unspecified atom stereocenters. The number of rotatable bonds is 7. The lowest BCUT2D eigenvalue weighted by atomic mass is 9.94. The molecule has 1 amide bonds. The number of halogens is 6. The number of aliphatic carboxylic acids is 2. The highest BCUT2D eigenvalue weighted by Gasteiger charge is 2.39. The third kappa shape index (κ3) is 12.6. The molecule has 1 aliphatic heterocycles. The van der Waals surface area contributed by atoms with Crippen LogP contribution in [-0.2, 0) is 20.8 Å². The molecule has 256 valence electrons. The fraction of sp³-hybridized carbons (Fsp3) is 0.345. The summed E-state index contributed by atoms with van der Waals surface area (Å²) in [6.07, 6.45) is -7.92. The number of benzene rings is 2. The number of nitrogens with two attached hydrogens (primary N) is 1. The summed E-state index contributed by atoms with van der Waals surface area (Å²) in [5.74, 6) is -4.26. The summed E-state index contributed by atoms with van der Waals surface area (Å²) in [6, 6.07) is 13.4. The number of fused-ring (bicyclic) bond motifs is 1. The number of nitrogen functional groups attached to an aromatic ring is 1. The van der Waals surface area contributed by atoms with Gasteiger partial charge in [-0.05, 0) is 57.3 Å². The molecule has 12 nitrogen and oxygen atoms in total. The van der Waals surface area contributed by atoms with Crippen molar-refractivity contribution in [3.05, 3.63) is 59.8 Å². The fourth-order valence-electron chi connectivity index (χ4n) is 3.70. The van der Waals surface area contributed by atoms with Gasteiger partial charge in [0.1, 0.15) is 24.7 Å². The van der Waals surface area contributed by atoms with Crippen LogP contribution in [0.15, 0.2) is 48.7 Å². The van der Waals surface area contributed by atoms with Crippen LogP contribution in [0, 0.1) is 12.8 Å². The molecule has 0 spiro atoms. The number of carboxylic acids is 2. The first kappa shape index (κ1) is 38.1. The first-order valence-electron chi connectivity index (χ1n) is 13.4. The highest BCUT2D eigenvalue weighted by atomic mass is 19.4. The molecular weight excluding hydrogens is 644 g/mol. The van der Waals surface area contributed by atoms with E-state index in [2.05, 4.69) is 21.4 Å². The SMILES string of the molecule is Cc1ccc2c(c1)CC(C(=O)Nc1ccc(-c3ccnc(N)n3)cc1OCCN(C)C)CO2.O=C(O)C(F)(F)F.O=C(O)C(F)(F)F. The third-order valence-corrected chi connectivity index (χ3v) is 5.98. The first-order chi connectivity index (χ1) is 21.8. The number of amides is 1. The minimum Gasteiger partial charge on any atom is -0.492 e. The summed E-state index contributed by atoms with van der Waals surface area (Å²) in [4.78, 5) is 41.2. The summed E-state index contributed by atoms with van der Waals surface area (Å²) in [5, 5.41) is 17.3. The van der Waals surface area contributed by atoms with Crippen molar-refractivity contribution >= 4 is 29.5 Å². The van der Waals surface area contributed by atoms with Crippen LogP contribution >= 0.6 is 0 Å². The molecule has 2 aromatic carbocycles. The van der Waals surface area contributed by atoms with E-state index in [0.29, 0.717) is 36.8 Å². The van der Waals surface area contributed by atoms with Crippen molar-refractivity contribution in [1.82, 2.24) is 14.9 Å². The van der Waals surface area contributed by atoms with E-state index in [4.69, 9.17) is 35.0 Å². The van der Waals surface area contributed by atoms with Crippen LogP contribution in [0.5, 0.6) is 11.5 Å². The summed E-state index contributed by atoms with van der Waals surface area (Å²) in [6.45, 7) is 3.60. The van der Waals surface area contributed by atoms with Gasteiger partial charge in [-0.15, -0.1) is 0 Å². The van der Waals surface area contributed by atoms with Gasteiger partial charge in [-0.25, -0.2) is 19.6 Å². The standard InChI is InChI=1S/C25H29N5O3.2C2HF3O2/c1-16-4-7-22-18(12-16)13-19(15-33-22)24(31)28-21-6-5-17(20-8-9-27-25(26)29-20)14-23(21)32-11-10-30(2)3;2*3-2(4,5)1(6)7/h4-9,12,14,19H,10-11,13,15H2,1-3H3,(H,28,31)(H2,26,27,29);2*(H,6,7). The second kappa shape index (κ2) is 16.4. The maximum Gasteiger partial charge on any atom is 0.490 e. The number of aryl methyl sites for hydroxylation is 1. The Kier molecular flexibility index (Phi) is 13.3. The monoisotopic (exact) mass is 675 g/mol. The quantitative estimate of drug-likeness (QED) is 0.261. The van der Waals surface area contributed by atoms with Gasteiger partial charge in [0.15, 0.2) is 0 Å². The zero-order chi connectivity index (χ0) is 35.5. The van der Waals surface area contributed by atoms with E-state index in [0.717, 1.165) is 29.0 Å². The predicted octanol–water partition coefficient (Wildman–Crippen LogP) is 4.43. The first-order valence-corrected chi connectivity index (χ1v) is 13.4. The molecule has 1 atom stereocenters. The van der Waals surface area contributed by atoms with Gasteiger partial charge >= 0.3 is 24.3 Å². The Balaban J connectivity index is 0.000000459. The predicted molar refractivity (Wildman–Crippen MR) is 156 cm³/mol. The number of likely N-dealkylation sites (N-methyl/N-ethyl adjacent to an activating group) is 1. The fourth-order valence-corrected chi connectivity index (χ4v) is 3.70. The third-order valence-electron chi connectivity index (χ3n) is 5.98. The Morgan fingerprint density at radius 1 is 1.02 bits per heavy atom. The molecule has 0 fully saturated rings. The lowest BCUT2D eigenvalue weighted by Gasteiger charge is -2.25. The van der Waals surface area contributed by atoms with Gasteiger partial charge in [-0.3, -0.25) is 4.79 Å². The Morgan fingerprint density at radius 3 is 2.19 bits per heavy atom. The van der Waals surface area contributed by atoms with Crippen molar-refractivity contribution in [2.45, 2.75) is 25.7 Å². The molecule has 0 bridgehead atoms. The number of nitrogens with zero attached hydrogens (tertiary/aromatic N) is 3. The molecule has 4 rings (SSSR count). The summed E-state index contributed by atoms with van der Waals surface area (Å²) in [7, 11) is 3.96. The van der Waals surface area contributed by atoms with Crippen molar-refractivity contribution in [1.29, 1.82) is 0 Å². The lowest BCUT2D eigenvalue weighted by Crippen LogP contribution is -2.32.